The van der Waals surface area contributed by atoms with Crippen molar-refractivity contribution in [3.63, 3.8) is 0 Å². The summed E-state index contributed by atoms with van der Waals surface area (Å²) in [7, 11) is 0. The summed E-state index contributed by atoms with van der Waals surface area (Å²) in [5.74, 6) is 1.64. The van der Waals surface area contributed by atoms with Crippen LogP contribution in [0.15, 0.2) is 0 Å². The smallest absolute Gasteiger partial charge is 0.127 e. The second-order valence-corrected chi connectivity index (χ2v) is 6.79. The zero-order valence-corrected chi connectivity index (χ0v) is 14.9. The van der Waals surface area contributed by atoms with E-state index in [2.05, 4.69) is 33.0 Å². The molecule has 0 saturated carbocycles. The lowest BCUT2D eigenvalue weighted by Gasteiger charge is -2.27. The first-order chi connectivity index (χ1) is 9.16. The van der Waals surface area contributed by atoms with Crippen LogP contribution in [0.4, 0.5) is 0 Å². The molecular weight excluding hydrogens is 286 g/mol. The number of rotatable bonds is 3. The predicted molar refractivity (Wildman–Crippen MR) is 90.2 cm³/mol. The normalized spacial score (nSPS) is 19.1. The Morgan fingerprint density at radius 3 is 2.24 bits per heavy atom. The molecule has 0 saturated heterocycles. The Labute approximate surface area is 134 Å². The molecule has 0 amide bonds. The van der Waals surface area contributed by atoms with E-state index in [1.54, 1.807) is 0 Å². The second-order valence-electron chi connectivity index (χ2n) is 6.79. The van der Waals surface area contributed by atoms with E-state index in [1.165, 1.54) is 5.56 Å². The van der Waals surface area contributed by atoms with E-state index in [9.17, 15) is 5.11 Å². The molecule has 1 unspecified atom stereocenters. The van der Waals surface area contributed by atoms with Crippen LogP contribution in [0, 0.1) is 20.8 Å². The zero-order valence-electron chi connectivity index (χ0n) is 14.1. The molecule has 1 aromatic rings. The monoisotopic (exact) mass is 313 g/mol. The summed E-state index contributed by atoms with van der Waals surface area (Å²) in [4.78, 5) is 0. The molecule has 0 aliphatic carbocycles. The van der Waals surface area contributed by atoms with Gasteiger partial charge in [-0.05, 0) is 51.3 Å². The van der Waals surface area contributed by atoms with Gasteiger partial charge in [-0.2, -0.15) is 0 Å². The molecule has 3 nitrogen and oxygen atoms in total. The summed E-state index contributed by atoms with van der Waals surface area (Å²) in [6, 6.07) is 0.440. The molecule has 4 heteroatoms. The van der Waals surface area contributed by atoms with E-state index in [-0.39, 0.29) is 23.9 Å². The molecule has 1 heterocycles. The highest BCUT2D eigenvalue weighted by atomic mass is 35.5. The van der Waals surface area contributed by atoms with Crippen molar-refractivity contribution >= 4 is 12.4 Å². The van der Waals surface area contributed by atoms with Crippen LogP contribution in [0.2, 0.25) is 0 Å². The Balaban J connectivity index is 0.00000220. The Morgan fingerprint density at radius 2 is 1.71 bits per heavy atom. The Bertz CT molecular complexity index is 538. The number of ether oxygens (including phenoxy) is 1. The Hall–Kier alpha value is -0.930. The van der Waals surface area contributed by atoms with E-state index >= 15 is 0 Å². The first-order valence-corrected chi connectivity index (χ1v) is 7.41. The van der Waals surface area contributed by atoms with E-state index in [0.717, 1.165) is 29.0 Å². The number of halogens is 1. The zero-order chi connectivity index (χ0) is 15.2. The topological polar surface area (TPSA) is 41.5 Å². The summed E-state index contributed by atoms with van der Waals surface area (Å²) < 4.78 is 6.24. The van der Waals surface area contributed by atoms with Gasteiger partial charge < -0.3 is 15.2 Å². The van der Waals surface area contributed by atoms with Crippen molar-refractivity contribution in [2.24, 2.45) is 0 Å². The number of fused-ring (bicyclic) bond motifs is 1. The number of phenols is 1. The van der Waals surface area contributed by atoms with Crippen molar-refractivity contribution in [1.82, 2.24) is 5.32 Å². The number of benzene rings is 1. The van der Waals surface area contributed by atoms with Crippen molar-refractivity contribution in [1.29, 1.82) is 0 Å². The fourth-order valence-electron chi connectivity index (χ4n) is 3.06. The van der Waals surface area contributed by atoms with Crippen LogP contribution in [0.25, 0.3) is 0 Å². The van der Waals surface area contributed by atoms with Crippen molar-refractivity contribution in [3.05, 3.63) is 22.3 Å². The van der Waals surface area contributed by atoms with Gasteiger partial charge in [0.2, 0.25) is 0 Å². The number of nitrogens with one attached hydrogen (secondary N) is 1. The third-order valence-corrected chi connectivity index (χ3v) is 4.55. The van der Waals surface area contributed by atoms with Crippen LogP contribution in [0.3, 0.4) is 0 Å². The second kappa shape index (κ2) is 6.05. The molecule has 1 aromatic carbocycles. The van der Waals surface area contributed by atoms with Gasteiger partial charge in [-0.15, -0.1) is 12.4 Å². The maximum atomic E-state index is 10.3. The van der Waals surface area contributed by atoms with Crippen molar-refractivity contribution in [3.8, 4) is 11.5 Å². The summed E-state index contributed by atoms with van der Waals surface area (Å²) in [6.45, 7) is 15.4. The maximum Gasteiger partial charge on any atom is 0.127 e. The third-order valence-electron chi connectivity index (χ3n) is 4.55. The lowest BCUT2D eigenvalue weighted by molar-refractivity contribution is 0.107. The molecule has 2 N–H and O–H groups in total. The molecule has 120 valence electrons. The van der Waals surface area contributed by atoms with Crippen LogP contribution < -0.4 is 10.1 Å². The number of aromatic hydroxyl groups is 1. The van der Waals surface area contributed by atoms with Crippen LogP contribution in [0.1, 0.15) is 55.9 Å². The largest absolute Gasteiger partial charge is 0.507 e. The average molecular weight is 314 g/mol. The fourth-order valence-corrected chi connectivity index (χ4v) is 3.06. The first kappa shape index (κ1) is 18.1. The maximum absolute atomic E-state index is 10.3. The SMILES string of the molecule is Cc1c(C)c2c(c(C)c1O)C(CNC(C)C)C(C)(C)O2.Cl. The molecule has 0 spiro atoms. The van der Waals surface area contributed by atoms with Crippen molar-refractivity contribution in [2.75, 3.05) is 6.54 Å². The molecule has 2 rings (SSSR count). The molecular formula is C17H28ClNO2. The van der Waals surface area contributed by atoms with E-state index in [0.29, 0.717) is 11.8 Å². The highest BCUT2D eigenvalue weighted by molar-refractivity contribution is 5.85. The molecule has 0 aromatic heterocycles. The van der Waals surface area contributed by atoms with Crippen LogP contribution in [0.5, 0.6) is 11.5 Å². The standard InChI is InChI=1S/C17H27NO2.ClH/c1-9(2)18-8-13-14-12(5)15(19)10(3)11(4)16(14)20-17(13,6)7;/h9,13,18-19H,8H2,1-7H3;1H. The van der Waals surface area contributed by atoms with Gasteiger partial charge in [0.05, 0.1) is 0 Å². The summed E-state index contributed by atoms with van der Waals surface area (Å²) in [5.41, 5.74) is 3.87. The van der Waals surface area contributed by atoms with Gasteiger partial charge in [-0.1, -0.05) is 13.8 Å². The fraction of sp³-hybridized carbons (Fsp3) is 0.647. The minimum absolute atomic E-state index is 0. The lowest BCUT2D eigenvalue weighted by atomic mass is 9.83. The third kappa shape index (κ3) is 3.00. The summed E-state index contributed by atoms with van der Waals surface area (Å²) >= 11 is 0. The molecule has 0 radical (unpaired) electrons. The molecule has 0 fully saturated rings. The predicted octanol–water partition coefficient (Wildman–Crippen LogP) is 3.99. The minimum atomic E-state index is -0.250. The highest BCUT2D eigenvalue weighted by Crippen LogP contribution is 2.51. The van der Waals surface area contributed by atoms with Crippen molar-refractivity contribution < 1.29 is 9.84 Å². The highest BCUT2D eigenvalue weighted by Gasteiger charge is 2.43. The number of hydrogen-bond donors (Lipinski definition) is 2. The molecule has 1 atom stereocenters. The van der Waals surface area contributed by atoms with Gasteiger partial charge in [0.15, 0.2) is 0 Å². The van der Waals surface area contributed by atoms with Crippen LogP contribution in [-0.4, -0.2) is 23.3 Å². The van der Waals surface area contributed by atoms with Gasteiger partial charge in [0.25, 0.3) is 0 Å². The van der Waals surface area contributed by atoms with Crippen LogP contribution >= 0.6 is 12.4 Å². The van der Waals surface area contributed by atoms with Gasteiger partial charge in [0, 0.05) is 24.1 Å². The lowest BCUT2D eigenvalue weighted by Crippen LogP contribution is -2.38. The van der Waals surface area contributed by atoms with Crippen molar-refractivity contribution in [2.45, 2.75) is 66.0 Å². The first-order valence-electron chi connectivity index (χ1n) is 7.41. The number of phenolic OH excluding ortho intramolecular Hbond substituents is 1. The Kier molecular flexibility index (Phi) is 5.22. The molecule has 1 aliphatic rings. The summed E-state index contributed by atoms with van der Waals surface area (Å²) in [6.07, 6.45) is 0. The van der Waals surface area contributed by atoms with E-state index in [4.69, 9.17) is 4.74 Å². The van der Waals surface area contributed by atoms with Gasteiger partial charge in [-0.25, -0.2) is 0 Å². The van der Waals surface area contributed by atoms with Gasteiger partial charge in [-0.3, -0.25) is 0 Å². The van der Waals surface area contributed by atoms with E-state index < -0.39 is 0 Å². The molecule has 0 bridgehead atoms. The molecule has 21 heavy (non-hydrogen) atoms. The molecule has 1 aliphatic heterocycles. The van der Waals surface area contributed by atoms with Gasteiger partial charge in [0.1, 0.15) is 17.1 Å². The minimum Gasteiger partial charge on any atom is -0.507 e. The van der Waals surface area contributed by atoms with Crippen LogP contribution in [-0.2, 0) is 0 Å². The van der Waals surface area contributed by atoms with Gasteiger partial charge >= 0.3 is 0 Å². The average Bonchev–Trinajstić information content (AvgIpc) is 2.62. The number of hydrogen-bond acceptors (Lipinski definition) is 3. The van der Waals surface area contributed by atoms with E-state index in [1.807, 2.05) is 20.8 Å². The Morgan fingerprint density at radius 1 is 1.14 bits per heavy atom. The quantitative estimate of drug-likeness (QED) is 0.886. The summed E-state index contributed by atoms with van der Waals surface area (Å²) in [5, 5.41) is 13.8.